The van der Waals surface area contributed by atoms with Gasteiger partial charge in [0.2, 0.25) is 0 Å². The van der Waals surface area contributed by atoms with E-state index >= 15 is 0 Å². The maximum atomic E-state index is 13.9. The van der Waals surface area contributed by atoms with Crippen LogP contribution >= 0.6 is 0 Å². The van der Waals surface area contributed by atoms with Crippen molar-refractivity contribution < 1.29 is 28.2 Å². The number of Topliss-reactive ketones (excluding diaryl/α,β-unsaturated/α-hetero) is 1. The first-order chi connectivity index (χ1) is 17.6. The van der Waals surface area contributed by atoms with Gasteiger partial charge in [-0.05, 0) is 82.1 Å². The molecule has 2 aromatic carbocycles. The van der Waals surface area contributed by atoms with E-state index in [4.69, 9.17) is 9.47 Å². The molecule has 0 bridgehead atoms. The largest absolute Gasteiger partial charge is 0.497 e. The minimum absolute atomic E-state index is 0.0926. The summed E-state index contributed by atoms with van der Waals surface area (Å²) in [5.74, 6) is -0.932. The lowest BCUT2D eigenvalue weighted by atomic mass is 9.98. The standard InChI is InChI=1S/C29H33FN2O5/c1-7-31-19(4)25(18(3)26(31)29(35)37-8-2)27(33)20(5)32(17-21-9-13-23(30)14-10-21)28(34)22-11-15-24(36-6)16-12-22/h9-16,20H,7-8,17H2,1-6H3. The van der Waals surface area contributed by atoms with E-state index in [0.717, 1.165) is 0 Å². The Balaban J connectivity index is 2.05. The lowest BCUT2D eigenvalue weighted by Gasteiger charge is -2.29. The topological polar surface area (TPSA) is 77.8 Å². The molecule has 1 unspecified atom stereocenters. The van der Waals surface area contributed by atoms with Crippen molar-refractivity contribution in [3.8, 4) is 5.75 Å². The predicted octanol–water partition coefficient (Wildman–Crippen LogP) is 5.36. The fourth-order valence-corrected chi connectivity index (χ4v) is 4.54. The van der Waals surface area contributed by atoms with Crippen molar-refractivity contribution in [3.05, 3.63) is 88.0 Å². The molecule has 7 nitrogen and oxygen atoms in total. The van der Waals surface area contributed by atoms with Crippen LogP contribution in [0.1, 0.15) is 68.8 Å². The molecule has 8 heteroatoms. The molecule has 1 heterocycles. The number of hydrogen-bond acceptors (Lipinski definition) is 5. The maximum absolute atomic E-state index is 13.9. The summed E-state index contributed by atoms with van der Waals surface area (Å²) in [6, 6.07) is 11.6. The number of carbonyl (C=O) groups is 3. The van der Waals surface area contributed by atoms with Gasteiger partial charge in [-0.1, -0.05) is 12.1 Å². The summed E-state index contributed by atoms with van der Waals surface area (Å²) >= 11 is 0. The van der Waals surface area contributed by atoms with Crippen molar-refractivity contribution in [2.45, 2.75) is 53.8 Å². The van der Waals surface area contributed by atoms with E-state index in [2.05, 4.69) is 0 Å². The molecule has 0 aliphatic heterocycles. The molecule has 0 aliphatic rings. The zero-order valence-corrected chi connectivity index (χ0v) is 22.1. The minimum atomic E-state index is -0.875. The van der Waals surface area contributed by atoms with Crippen molar-refractivity contribution >= 4 is 17.7 Å². The molecule has 0 aliphatic carbocycles. The summed E-state index contributed by atoms with van der Waals surface area (Å²) in [6.45, 7) is 9.58. The van der Waals surface area contributed by atoms with Crippen molar-refractivity contribution in [3.63, 3.8) is 0 Å². The summed E-state index contributed by atoms with van der Waals surface area (Å²) < 4.78 is 25.7. The number of ketones is 1. The van der Waals surface area contributed by atoms with Crippen LogP contribution in [0.15, 0.2) is 48.5 Å². The summed E-state index contributed by atoms with van der Waals surface area (Å²) in [5.41, 5.74) is 2.95. The number of hydrogen-bond donors (Lipinski definition) is 0. The quantitative estimate of drug-likeness (QED) is 0.272. The highest BCUT2D eigenvalue weighted by Crippen LogP contribution is 2.27. The van der Waals surface area contributed by atoms with Crippen molar-refractivity contribution in [2.75, 3.05) is 13.7 Å². The maximum Gasteiger partial charge on any atom is 0.355 e. The van der Waals surface area contributed by atoms with Gasteiger partial charge in [-0.3, -0.25) is 9.59 Å². The Morgan fingerprint density at radius 3 is 2.16 bits per heavy atom. The third-order valence-electron chi connectivity index (χ3n) is 6.51. The van der Waals surface area contributed by atoms with Gasteiger partial charge in [0.15, 0.2) is 5.78 Å². The first-order valence-electron chi connectivity index (χ1n) is 12.2. The molecular formula is C29H33FN2O5. The van der Waals surface area contributed by atoms with Gasteiger partial charge in [0.05, 0.1) is 19.8 Å². The normalized spacial score (nSPS) is 11.6. The average molecular weight is 509 g/mol. The van der Waals surface area contributed by atoms with E-state index in [1.54, 1.807) is 68.7 Å². The number of carbonyl (C=O) groups excluding carboxylic acids is 3. The second-order valence-corrected chi connectivity index (χ2v) is 8.73. The molecule has 0 fully saturated rings. The van der Waals surface area contributed by atoms with Gasteiger partial charge < -0.3 is 18.9 Å². The number of rotatable bonds is 10. The van der Waals surface area contributed by atoms with Gasteiger partial charge in [0, 0.05) is 29.9 Å². The Hall–Kier alpha value is -3.94. The highest BCUT2D eigenvalue weighted by molar-refractivity contribution is 6.07. The van der Waals surface area contributed by atoms with Crippen molar-refractivity contribution in [2.24, 2.45) is 0 Å². The lowest BCUT2D eigenvalue weighted by Crippen LogP contribution is -2.43. The smallest absolute Gasteiger partial charge is 0.355 e. The van der Waals surface area contributed by atoms with Crippen LogP contribution in [-0.2, 0) is 17.8 Å². The number of aromatic nitrogens is 1. The van der Waals surface area contributed by atoms with Gasteiger partial charge >= 0.3 is 5.97 Å². The minimum Gasteiger partial charge on any atom is -0.497 e. The molecule has 0 N–H and O–H groups in total. The van der Waals surface area contributed by atoms with E-state index < -0.39 is 12.0 Å². The van der Waals surface area contributed by atoms with Crippen molar-refractivity contribution in [1.82, 2.24) is 9.47 Å². The summed E-state index contributed by atoms with van der Waals surface area (Å²) in [7, 11) is 1.54. The van der Waals surface area contributed by atoms with E-state index in [-0.39, 0.29) is 30.7 Å². The molecule has 0 spiro atoms. The lowest BCUT2D eigenvalue weighted by molar-refractivity contribution is 0.0512. The fraction of sp³-hybridized carbons (Fsp3) is 0.345. The van der Waals surface area contributed by atoms with E-state index in [9.17, 15) is 18.8 Å². The van der Waals surface area contributed by atoms with Crippen LogP contribution in [0.3, 0.4) is 0 Å². The number of nitrogens with zero attached hydrogens (tertiary/aromatic N) is 2. The highest BCUT2D eigenvalue weighted by atomic mass is 19.1. The van der Waals surface area contributed by atoms with E-state index in [0.29, 0.717) is 45.9 Å². The second-order valence-electron chi connectivity index (χ2n) is 8.73. The highest BCUT2D eigenvalue weighted by Gasteiger charge is 2.33. The molecule has 0 saturated carbocycles. The van der Waals surface area contributed by atoms with Crippen LogP contribution < -0.4 is 4.74 Å². The SMILES string of the molecule is CCOC(=O)c1c(C)c(C(=O)C(C)N(Cc2ccc(F)cc2)C(=O)c2ccc(OC)cc2)c(C)n1CC. The van der Waals surface area contributed by atoms with Gasteiger partial charge in [-0.2, -0.15) is 0 Å². The van der Waals surface area contributed by atoms with Crippen LogP contribution in [-0.4, -0.2) is 46.9 Å². The molecule has 1 amide bonds. The monoisotopic (exact) mass is 508 g/mol. The molecule has 0 radical (unpaired) electrons. The third kappa shape index (κ3) is 5.74. The molecule has 196 valence electrons. The third-order valence-corrected chi connectivity index (χ3v) is 6.51. The number of benzene rings is 2. The number of ether oxygens (including phenoxy) is 2. The summed E-state index contributed by atoms with van der Waals surface area (Å²) in [6.07, 6.45) is 0. The zero-order chi connectivity index (χ0) is 27.3. The van der Waals surface area contributed by atoms with Crippen LogP contribution in [0.5, 0.6) is 5.75 Å². The molecule has 1 atom stereocenters. The number of esters is 1. The Kier molecular flexibility index (Phi) is 8.86. The van der Waals surface area contributed by atoms with Crippen LogP contribution in [0.2, 0.25) is 0 Å². The first-order valence-corrected chi connectivity index (χ1v) is 12.2. The van der Waals surface area contributed by atoms with Crippen molar-refractivity contribution in [1.29, 1.82) is 0 Å². The van der Waals surface area contributed by atoms with E-state index in [1.165, 1.54) is 24.1 Å². The Morgan fingerprint density at radius 1 is 1.00 bits per heavy atom. The van der Waals surface area contributed by atoms with Gasteiger partial charge in [-0.15, -0.1) is 0 Å². The fourth-order valence-electron chi connectivity index (χ4n) is 4.54. The van der Waals surface area contributed by atoms with Gasteiger partial charge in [0.1, 0.15) is 17.3 Å². The molecule has 3 aromatic rings. The Morgan fingerprint density at radius 2 is 1.62 bits per heavy atom. The number of methoxy groups -OCH3 is 1. The van der Waals surface area contributed by atoms with Crippen LogP contribution in [0.4, 0.5) is 4.39 Å². The molecule has 3 rings (SSSR count). The molecule has 1 aromatic heterocycles. The van der Waals surface area contributed by atoms with Gasteiger partial charge in [-0.25, -0.2) is 9.18 Å². The Labute approximate surface area is 216 Å². The second kappa shape index (κ2) is 11.9. The first kappa shape index (κ1) is 27.6. The number of amides is 1. The van der Waals surface area contributed by atoms with Gasteiger partial charge in [0.25, 0.3) is 5.91 Å². The average Bonchev–Trinajstić information content (AvgIpc) is 3.16. The molecule has 37 heavy (non-hydrogen) atoms. The molecular weight excluding hydrogens is 475 g/mol. The summed E-state index contributed by atoms with van der Waals surface area (Å²) in [4.78, 5) is 41.7. The predicted molar refractivity (Wildman–Crippen MR) is 139 cm³/mol. The van der Waals surface area contributed by atoms with E-state index in [1.807, 2.05) is 6.92 Å². The van der Waals surface area contributed by atoms with Crippen LogP contribution in [0, 0.1) is 19.7 Å². The summed E-state index contributed by atoms with van der Waals surface area (Å²) in [5, 5.41) is 0. The Bertz CT molecular complexity index is 1280. The molecule has 0 saturated heterocycles. The number of halogens is 1. The van der Waals surface area contributed by atoms with Crippen LogP contribution in [0.25, 0.3) is 0 Å². The zero-order valence-electron chi connectivity index (χ0n) is 22.1.